The molecule has 1 N–H and O–H groups in total. The molecule has 0 aliphatic carbocycles. The van der Waals surface area contributed by atoms with E-state index in [1.807, 2.05) is 6.92 Å². The Morgan fingerprint density at radius 2 is 1.10 bits per heavy atom. The lowest BCUT2D eigenvalue weighted by Gasteiger charge is -2.07. The number of ether oxygens (including phenoxy) is 5. The minimum absolute atomic E-state index is 0.0206. The van der Waals surface area contributed by atoms with E-state index in [2.05, 4.69) is 5.32 Å². The van der Waals surface area contributed by atoms with Gasteiger partial charge in [-0.15, -0.1) is 0 Å². The van der Waals surface area contributed by atoms with Gasteiger partial charge in [0.1, 0.15) is 0 Å². The second kappa shape index (κ2) is 17.3. The molecule has 0 unspecified atom stereocenters. The van der Waals surface area contributed by atoms with Gasteiger partial charge < -0.3 is 29.0 Å². The average Bonchev–Trinajstić information content (AvgIpc) is 2.50. The Bertz CT molecular complexity index is 228. The normalized spacial score (nSPS) is 10.8. The molecule has 0 aliphatic heterocycles. The van der Waals surface area contributed by atoms with Gasteiger partial charge in [-0.05, 0) is 6.92 Å². The van der Waals surface area contributed by atoms with Gasteiger partial charge in [0, 0.05) is 20.1 Å². The fraction of sp³-hybridized carbons (Fsp3) is 0.929. The van der Waals surface area contributed by atoms with Crippen molar-refractivity contribution >= 4 is 5.91 Å². The summed E-state index contributed by atoms with van der Waals surface area (Å²) in [5.41, 5.74) is 0. The Labute approximate surface area is 127 Å². The van der Waals surface area contributed by atoms with Crippen LogP contribution in [0.4, 0.5) is 0 Å². The molecule has 7 heteroatoms. The van der Waals surface area contributed by atoms with Crippen LogP contribution in [0.15, 0.2) is 0 Å². The average molecular weight is 307 g/mol. The van der Waals surface area contributed by atoms with Crippen molar-refractivity contribution in [2.24, 2.45) is 0 Å². The van der Waals surface area contributed by atoms with Crippen molar-refractivity contribution in [3.8, 4) is 0 Å². The van der Waals surface area contributed by atoms with Crippen LogP contribution in [0, 0.1) is 0 Å². The lowest BCUT2D eigenvalue weighted by atomic mass is 10.4. The number of hydrogen-bond donors (Lipinski definition) is 1. The molecule has 0 spiro atoms. The quantitative estimate of drug-likeness (QED) is 0.411. The molecule has 7 nitrogen and oxygen atoms in total. The minimum Gasteiger partial charge on any atom is -0.379 e. The molecule has 0 aromatic carbocycles. The predicted molar refractivity (Wildman–Crippen MR) is 78.5 cm³/mol. The van der Waals surface area contributed by atoms with E-state index < -0.39 is 0 Å². The van der Waals surface area contributed by atoms with Crippen molar-refractivity contribution < 1.29 is 28.5 Å². The van der Waals surface area contributed by atoms with Crippen LogP contribution in [0.5, 0.6) is 0 Å². The van der Waals surface area contributed by atoms with E-state index in [0.29, 0.717) is 72.5 Å². The zero-order valence-electron chi connectivity index (χ0n) is 13.2. The van der Waals surface area contributed by atoms with Gasteiger partial charge in [-0.25, -0.2) is 0 Å². The van der Waals surface area contributed by atoms with Crippen molar-refractivity contribution in [2.75, 3.05) is 73.1 Å². The van der Waals surface area contributed by atoms with Gasteiger partial charge in [0.15, 0.2) is 0 Å². The Kier molecular flexibility index (Phi) is 16.7. The van der Waals surface area contributed by atoms with E-state index in [4.69, 9.17) is 23.7 Å². The van der Waals surface area contributed by atoms with Crippen LogP contribution in [0.3, 0.4) is 0 Å². The first-order valence-electron chi connectivity index (χ1n) is 7.40. The summed E-state index contributed by atoms with van der Waals surface area (Å²) in [4.78, 5) is 10.9. The lowest BCUT2D eigenvalue weighted by molar-refractivity contribution is -0.121. The Balaban J connectivity index is 2.98. The van der Waals surface area contributed by atoms with Gasteiger partial charge >= 0.3 is 0 Å². The first-order chi connectivity index (χ1) is 10.3. The summed E-state index contributed by atoms with van der Waals surface area (Å²) < 4.78 is 26.3. The fourth-order valence-electron chi connectivity index (χ4n) is 1.31. The van der Waals surface area contributed by atoms with Crippen LogP contribution in [0.1, 0.15) is 13.3 Å². The first kappa shape index (κ1) is 20.3. The Morgan fingerprint density at radius 3 is 1.48 bits per heavy atom. The highest BCUT2D eigenvalue weighted by Gasteiger charge is 1.97. The van der Waals surface area contributed by atoms with Crippen LogP contribution in [-0.2, 0) is 28.5 Å². The van der Waals surface area contributed by atoms with Gasteiger partial charge in [-0.1, -0.05) is 0 Å². The lowest BCUT2D eigenvalue weighted by Crippen LogP contribution is -2.20. The van der Waals surface area contributed by atoms with E-state index in [1.165, 1.54) is 0 Å². The summed E-state index contributed by atoms with van der Waals surface area (Å²) in [5, 5.41) is 2.53. The van der Waals surface area contributed by atoms with Crippen molar-refractivity contribution in [2.45, 2.75) is 13.3 Å². The minimum atomic E-state index is -0.0206. The number of hydrogen-bond acceptors (Lipinski definition) is 6. The Hall–Kier alpha value is -0.730. The molecule has 0 saturated carbocycles. The predicted octanol–water partition coefficient (Wildman–Crippen LogP) is 0.225. The summed E-state index contributed by atoms with van der Waals surface area (Å²) in [6.07, 6.45) is 0.378. The maximum atomic E-state index is 10.9. The molecule has 0 radical (unpaired) electrons. The van der Waals surface area contributed by atoms with Gasteiger partial charge in [0.2, 0.25) is 5.91 Å². The molecular formula is C14H29NO6. The van der Waals surface area contributed by atoms with E-state index in [0.717, 1.165) is 0 Å². The summed E-state index contributed by atoms with van der Waals surface area (Å²) in [6.45, 7) is 7.47. The van der Waals surface area contributed by atoms with E-state index in [-0.39, 0.29) is 5.91 Å². The number of nitrogens with one attached hydrogen (secondary N) is 1. The van der Waals surface area contributed by atoms with E-state index in [9.17, 15) is 4.79 Å². The van der Waals surface area contributed by atoms with Gasteiger partial charge in [-0.2, -0.15) is 0 Å². The number of carbonyl (C=O) groups is 1. The topological polar surface area (TPSA) is 75.2 Å². The second-order valence-corrected chi connectivity index (χ2v) is 4.07. The maximum Gasteiger partial charge on any atom is 0.222 e. The zero-order chi connectivity index (χ0) is 15.6. The molecule has 0 rings (SSSR count). The van der Waals surface area contributed by atoms with Crippen molar-refractivity contribution in [1.82, 2.24) is 5.32 Å². The first-order valence-corrected chi connectivity index (χ1v) is 7.40. The second-order valence-electron chi connectivity index (χ2n) is 4.07. The van der Waals surface area contributed by atoms with Crippen molar-refractivity contribution in [1.29, 1.82) is 0 Å². The number of carbonyl (C=O) groups excluding carboxylic acids is 1. The summed E-state index contributed by atoms with van der Waals surface area (Å²) >= 11 is 0. The van der Waals surface area contributed by atoms with Crippen molar-refractivity contribution in [3.05, 3.63) is 0 Å². The van der Waals surface area contributed by atoms with Gasteiger partial charge in [0.05, 0.1) is 59.5 Å². The third-order valence-corrected chi connectivity index (χ3v) is 2.44. The monoisotopic (exact) mass is 307 g/mol. The summed E-state index contributed by atoms with van der Waals surface area (Å²) in [7, 11) is 1.61. The van der Waals surface area contributed by atoms with Crippen LogP contribution in [0.2, 0.25) is 0 Å². The molecular weight excluding hydrogens is 278 g/mol. The molecule has 0 fully saturated rings. The Morgan fingerprint density at radius 1 is 0.714 bits per heavy atom. The van der Waals surface area contributed by atoms with Gasteiger partial charge in [0.25, 0.3) is 0 Å². The molecule has 126 valence electrons. The zero-order valence-corrected chi connectivity index (χ0v) is 13.2. The molecule has 0 heterocycles. The molecule has 0 aromatic heterocycles. The SMILES string of the molecule is CCOCCOCCOCCOCCOCCC(=O)NC. The third kappa shape index (κ3) is 17.2. The molecule has 21 heavy (non-hydrogen) atoms. The number of amides is 1. The highest BCUT2D eigenvalue weighted by Crippen LogP contribution is 1.85. The molecule has 0 atom stereocenters. The van der Waals surface area contributed by atoms with E-state index >= 15 is 0 Å². The molecule has 0 saturated heterocycles. The van der Waals surface area contributed by atoms with Gasteiger partial charge in [-0.3, -0.25) is 4.79 Å². The summed E-state index contributed by atoms with van der Waals surface area (Å²) in [6, 6.07) is 0. The largest absolute Gasteiger partial charge is 0.379 e. The van der Waals surface area contributed by atoms with Crippen molar-refractivity contribution in [3.63, 3.8) is 0 Å². The third-order valence-electron chi connectivity index (χ3n) is 2.44. The van der Waals surface area contributed by atoms with Crippen LogP contribution in [-0.4, -0.2) is 79.0 Å². The van der Waals surface area contributed by atoms with Crippen LogP contribution < -0.4 is 5.32 Å². The number of rotatable bonds is 16. The van der Waals surface area contributed by atoms with Crippen LogP contribution >= 0.6 is 0 Å². The fourth-order valence-corrected chi connectivity index (χ4v) is 1.31. The maximum absolute atomic E-state index is 10.9. The highest BCUT2D eigenvalue weighted by molar-refractivity contribution is 5.75. The highest BCUT2D eigenvalue weighted by atomic mass is 16.6. The van der Waals surface area contributed by atoms with E-state index in [1.54, 1.807) is 7.05 Å². The standard InChI is InChI=1S/C14H29NO6/c1-3-17-6-7-19-10-11-21-13-12-20-9-8-18-5-4-14(16)15-2/h3-13H2,1-2H3,(H,15,16). The summed E-state index contributed by atoms with van der Waals surface area (Å²) in [5.74, 6) is -0.0206. The molecule has 0 aromatic rings. The molecule has 0 aliphatic rings. The smallest absolute Gasteiger partial charge is 0.222 e. The molecule has 1 amide bonds. The van der Waals surface area contributed by atoms with Crippen LogP contribution in [0.25, 0.3) is 0 Å². The molecule has 0 bridgehead atoms.